The molecular weight excluding hydrogens is 272 g/mol. The maximum absolute atomic E-state index is 11.6. The molecule has 0 saturated carbocycles. The Labute approximate surface area is 111 Å². The molecule has 19 heavy (non-hydrogen) atoms. The van der Waals surface area contributed by atoms with Crippen molar-refractivity contribution < 1.29 is 18.3 Å². The molecule has 9 heteroatoms. The second-order valence-corrected chi connectivity index (χ2v) is 5.17. The van der Waals surface area contributed by atoms with Crippen molar-refractivity contribution in [3.05, 3.63) is 24.3 Å². The summed E-state index contributed by atoms with van der Waals surface area (Å²) in [5.41, 5.74) is 0.478. The highest BCUT2D eigenvalue weighted by molar-refractivity contribution is 7.90. The molecule has 0 fully saturated rings. The summed E-state index contributed by atoms with van der Waals surface area (Å²) < 4.78 is 30.4. The minimum atomic E-state index is -4.05. The number of hydrogen-bond donors (Lipinski definition) is 0. The summed E-state index contributed by atoms with van der Waals surface area (Å²) in [6.07, 6.45) is -1.17. The van der Waals surface area contributed by atoms with Crippen LogP contribution in [0.4, 0.5) is 5.69 Å². The Hall–Kier alpha value is -2.16. The molecule has 1 aromatic carbocycles. The van der Waals surface area contributed by atoms with Crippen LogP contribution in [0.1, 0.15) is 0 Å². The molecule has 0 aliphatic rings. The van der Waals surface area contributed by atoms with Crippen LogP contribution in [0.3, 0.4) is 0 Å². The molecule has 0 spiro atoms. The van der Waals surface area contributed by atoms with Gasteiger partial charge in [0.1, 0.15) is 0 Å². The van der Waals surface area contributed by atoms with E-state index >= 15 is 0 Å². The fourth-order valence-corrected chi connectivity index (χ4v) is 1.87. The van der Waals surface area contributed by atoms with Gasteiger partial charge in [-0.15, -0.1) is 9.51 Å². The first-order valence-electron chi connectivity index (χ1n) is 5.10. The zero-order valence-electron chi connectivity index (χ0n) is 10.6. The molecule has 0 atom stereocenters. The zero-order chi connectivity index (χ0) is 14.5. The Bertz CT molecular complexity index is 578. The predicted molar refractivity (Wildman–Crippen MR) is 66.3 cm³/mol. The third-order valence-electron chi connectivity index (χ3n) is 1.84. The number of methoxy groups -OCH3 is 1. The first-order valence-corrected chi connectivity index (χ1v) is 6.54. The lowest BCUT2D eigenvalue weighted by molar-refractivity contribution is -0.246. The van der Waals surface area contributed by atoms with Gasteiger partial charge in [0.05, 0.1) is 10.6 Å². The normalized spacial score (nSPS) is 12.7. The number of hydrogen-bond acceptors (Lipinski definition) is 6. The quantitative estimate of drug-likeness (QED) is 0.342. The van der Waals surface area contributed by atoms with Crippen LogP contribution < -0.4 is 5.11 Å². The topological polar surface area (TPSA) is 107 Å². The van der Waals surface area contributed by atoms with E-state index < -0.39 is 16.1 Å². The van der Waals surface area contributed by atoms with Gasteiger partial charge in [0.25, 0.3) is 10.0 Å². The first kappa shape index (κ1) is 14.9. The molecule has 0 aromatic heterocycles. The van der Waals surface area contributed by atoms with Gasteiger partial charge in [0, 0.05) is 14.1 Å². The van der Waals surface area contributed by atoms with Crippen molar-refractivity contribution >= 4 is 21.8 Å². The van der Waals surface area contributed by atoms with Crippen LogP contribution in [0.25, 0.3) is 0 Å². The van der Waals surface area contributed by atoms with Crippen LogP contribution in [-0.4, -0.2) is 40.7 Å². The van der Waals surface area contributed by atoms with Crippen molar-refractivity contribution in [2.45, 2.75) is 4.90 Å². The number of rotatable bonds is 4. The summed E-state index contributed by atoms with van der Waals surface area (Å²) in [5.74, 6) is 0. The van der Waals surface area contributed by atoms with Crippen LogP contribution in [0, 0.1) is 0 Å². The van der Waals surface area contributed by atoms with E-state index in [9.17, 15) is 13.5 Å². The fraction of sp³-hybridized carbons (Fsp3) is 0.300. The Morgan fingerprint density at radius 3 is 2.32 bits per heavy atom. The van der Waals surface area contributed by atoms with Crippen molar-refractivity contribution in [1.29, 1.82) is 0 Å². The van der Waals surface area contributed by atoms with Gasteiger partial charge < -0.3 is 9.84 Å². The molecule has 0 aliphatic heterocycles. The van der Waals surface area contributed by atoms with Crippen LogP contribution in [0.5, 0.6) is 0 Å². The third-order valence-corrected chi connectivity index (χ3v) is 3.10. The second kappa shape index (κ2) is 6.14. The van der Waals surface area contributed by atoms with E-state index in [2.05, 4.69) is 19.5 Å². The molecule has 0 saturated heterocycles. The third kappa shape index (κ3) is 4.54. The average molecular weight is 285 g/mol. The monoisotopic (exact) mass is 285 g/mol. The van der Waals surface area contributed by atoms with Gasteiger partial charge in [-0.05, 0) is 31.4 Å². The van der Waals surface area contributed by atoms with Crippen molar-refractivity contribution in [1.82, 2.24) is 5.01 Å². The molecule has 0 heterocycles. The van der Waals surface area contributed by atoms with E-state index in [4.69, 9.17) is 0 Å². The summed E-state index contributed by atoms with van der Waals surface area (Å²) in [7, 11) is 0.408. The minimum absolute atomic E-state index is 0.123. The van der Waals surface area contributed by atoms with Gasteiger partial charge in [-0.2, -0.15) is 8.42 Å². The summed E-state index contributed by atoms with van der Waals surface area (Å²) in [5, 5.41) is 19.9. The van der Waals surface area contributed by atoms with Crippen molar-refractivity contribution in [2.75, 3.05) is 21.2 Å². The molecule has 104 valence electrons. The van der Waals surface area contributed by atoms with Crippen LogP contribution >= 0.6 is 0 Å². The fourth-order valence-electron chi connectivity index (χ4n) is 1.01. The summed E-state index contributed by atoms with van der Waals surface area (Å²) in [6, 6.07) is 5.47. The number of ether oxygens (including phenoxy) is 1. The van der Waals surface area contributed by atoms with Gasteiger partial charge >= 0.3 is 0 Å². The smallest absolute Gasteiger partial charge is 0.284 e. The molecular formula is C10H13N4O4S-. The van der Waals surface area contributed by atoms with E-state index in [1.807, 2.05) is 0 Å². The van der Waals surface area contributed by atoms with E-state index in [0.29, 0.717) is 5.69 Å². The highest BCUT2D eigenvalue weighted by atomic mass is 32.2. The van der Waals surface area contributed by atoms with E-state index in [1.165, 1.54) is 29.3 Å². The zero-order valence-corrected chi connectivity index (χ0v) is 11.5. The molecule has 0 radical (unpaired) electrons. The van der Waals surface area contributed by atoms with Gasteiger partial charge in [-0.3, -0.25) is 5.01 Å². The summed E-state index contributed by atoms with van der Waals surface area (Å²) >= 11 is 0. The van der Waals surface area contributed by atoms with E-state index in [-0.39, 0.29) is 4.90 Å². The van der Waals surface area contributed by atoms with Crippen molar-refractivity contribution in [2.24, 2.45) is 14.7 Å². The standard InChI is InChI=1S/C10H14N4O4S/c1-14(2)13-11-8-4-6-9(7-5-8)19(16,17)12-10(15)18-3/h4-7H,1-3H3,(H,12,15)/p-1. The average Bonchev–Trinajstić information content (AvgIpc) is 2.36. The lowest BCUT2D eigenvalue weighted by atomic mass is 10.3. The largest absolute Gasteiger partial charge is 0.603 e. The highest BCUT2D eigenvalue weighted by Crippen LogP contribution is 2.18. The molecule has 0 aliphatic carbocycles. The molecule has 0 amide bonds. The number of benzene rings is 1. The van der Waals surface area contributed by atoms with Gasteiger partial charge in [-0.25, -0.2) is 0 Å². The lowest BCUT2D eigenvalue weighted by Crippen LogP contribution is -2.21. The Kier molecular flexibility index (Phi) is 4.81. The Morgan fingerprint density at radius 1 is 1.26 bits per heavy atom. The van der Waals surface area contributed by atoms with Gasteiger partial charge in [0.2, 0.25) is 0 Å². The van der Waals surface area contributed by atoms with Crippen LogP contribution in [-0.2, 0) is 14.8 Å². The minimum Gasteiger partial charge on any atom is -0.603 e. The van der Waals surface area contributed by atoms with E-state index in [0.717, 1.165) is 7.11 Å². The maximum atomic E-state index is 11.6. The maximum Gasteiger partial charge on any atom is 0.284 e. The molecule has 1 aromatic rings. The van der Waals surface area contributed by atoms with E-state index in [1.54, 1.807) is 14.1 Å². The highest BCUT2D eigenvalue weighted by Gasteiger charge is 2.12. The first-order chi connectivity index (χ1) is 8.85. The van der Waals surface area contributed by atoms with Crippen LogP contribution in [0.15, 0.2) is 43.9 Å². The second-order valence-electron chi connectivity index (χ2n) is 3.57. The molecule has 0 N–H and O–H groups in total. The lowest BCUT2D eigenvalue weighted by Gasteiger charge is -2.06. The molecule has 0 bridgehead atoms. The van der Waals surface area contributed by atoms with Crippen molar-refractivity contribution in [3.8, 4) is 0 Å². The van der Waals surface area contributed by atoms with Crippen molar-refractivity contribution in [3.63, 3.8) is 0 Å². The molecule has 8 nitrogen and oxygen atoms in total. The summed E-state index contributed by atoms with van der Waals surface area (Å²) in [6.45, 7) is 0. The Morgan fingerprint density at radius 2 is 1.84 bits per heavy atom. The van der Waals surface area contributed by atoms with Gasteiger partial charge in [0.15, 0.2) is 6.08 Å². The van der Waals surface area contributed by atoms with Gasteiger partial charge in [-0.1, -0.05) is 5.22 Å². The number of sulfonamides is 1. The molecule has 1 rings (SSSR count). The predicted octanol–water partition coefficient (Wildman–Crippen LogP) is 0.298. The Balaban J connectivity index is 2.99. The summed E-state index contributed by atoms with van der Waals surface area (Å²) in [4.78, 5) is -0.123. The van der Waals surface area contributed by atoms with Crippen LogP contribution in [0.2, 0.25) is 0 Å². The SMILES string of the molecule is COC([O-])=NS(=O)(=O)c1ccc(N=NN(C)C)cc1. The number of nitrogens with zero attached hydrogens (tertiary/aromatic N) is 4. The molecule has 0 unspecified atom stereocenters.